The van der Waals surface area contributed by atoms with E-state index in [4.69, 9.17) is 0 Å². The monoisotopic (exact) mass is 345 g/mol. The molecule has 3 heterocycles. The first kappa shape index (κ1) is 17.5. The van der Waals surface area contributed by atoms with Crippen LogP contribution in [0.5, 0.6) is 0 Å². The van der Waals surface area contributed by atoms with Crippen LogP contribution in [0.4, 0.5) is 4.79 Å². The Morgan fingerprint density at radius 1 is 1.36 bits per heavy atom. The standard InChI is InChI=1S/C18H27N5O2/c1-13(2)4-8-19-18(25)22-10-6-14(7-11-22)15-12-17(24)23-16(21(15)3)5-9-20-23/h5,9,12-14H,4,6-8,10-11H2,1-3H3,(H,19,25). The van der Waals surface area contributed by atoms with Crippen LogP contribution in [0.3, 0.4) is 0 Å². The first-order chi connectivity index (χ1) is 12.0. The van der Waals surface area contributed by atoms with E-state index in [0.717, 1.165) is 50.2 Å². The van der Waals surface area contributed by atoms with Crippen LogP contribution in [0, 0.1) is 5.92 Å². The summed E-state index contributed by atoms with van der Waals surface area (Å²) >= 11 is 0. The predicted octanol–water partition coefficient (Wildman–Crippen LogP) is 1.97. The lowest BCUT2D eigenvalue weighted by Gasteiger charge is -2.33. The van der Waals surface area contributed by atoms with Gasteiger partial charge in [0.25, 0.3) is 5.56 Å². The molecule has 3 rings (SSSR count). The highest BCUT2D eigenvalue weighted by atomic mass is 16.2. The quantitative estimate of drug-likeness (QED) is 0.921. The smallest absolute Gasteiger partial charge is 0.317 e. The molecule has 0 aromatic carbocycles. The fraction of sp³-hybridized carbons (Fsp3) is 0.611. The highest BCUT2D eigenvalue weighted by Gasteiger charge is 2.25. The number of carbonyl (C=O) groups is 1. The Morgan fingerprint density at radius 2 is 2.08 bits per heavy atom. The van der Waals surface area contributed by atoms with Crippen molar-refractivity contribution in [3.05, 3.63) is 34.4 Å². The summed E-state index contributed by atoms with van der Waals surface area (Å²) in [4.78, 5) is 26.3. The van der Waals surface area contributed by atoms with Gasteiger partial charge in [0.1, 0.15) is 5.65 Å². The number of amides is 2. The van der Waals surface area contributed by atoms with Crippen molar-refractivity contribution < 1.29 is 4.79 Å². The highest BCUT2D eigenvalue weighted by molar-refractivity contribution is 5.74. The number of rotatable bonds is 4. The molecule has 2 aromatic rings. The molecule has 2 aromatic heterocycles. The molecule has 0 atom stereocenters. The van der Waals surface area contributed by atoms with Crippen molar-refractivity contribution in [1.29, 1.82) is 0 Å². The zero-order valence-corrected chi connectivity index (χ0v) is 15.2. The number of urea groups is 1. The van der Waals surface area contributed by atoms with Gasteiger partial charge in [-0.05, 0) is 25.2 Å². The summed E-state index contributed by atoms with van der Waals surface area (Å²) in [6, 6.07) is 3.56. The van der Waals surface area contributed by atoms with Crippen LogP contribution in [0.15, 0.2) is 23.1 Å². The summed E-state index contributed by atoms with van der Waals surface area (Å²) in [5.74, 6) is 0.878. The Hall–Kier alpha value is -2.31. The van der Waals surface area contributed by atoms with Crippen LogP contribution >= 0.6 is 0 Å². The van der Waals surface area contributed by atoms with Crippen molar-refractivity contribution in [1.82, 2.24) is 24.4 Å². The summed E-state index contributed by atoms with van der Waals surface area (Å²) in [6.45, 7) is 6.47. The van der Waals surface area contributed by atoms with Gasteiger partial charge in [0.05, 0.1) is 6.20 Å². The van der Waals surface area contributed by atoms with Gasteiger partial charge in [-0.25, -0.2) is 4.79 Å². The minimum absolute atomic E-state index is 0.0271. The molecule has 1 fully saturated rings. The summed E-state index contributed by atoms with van der Waals surface area (Å²) in [5, 5.41) is 7.06. The van der Waals surface area contributed by atoms with Crippen LogP contribution in [-0.2, 0) is 7.05 Å². The molecule has 0 unspecified atom stereocenters. The van der Waals surface area contributed by atoms with E-state index >= 15 is 0 Å². The molecular formula is C18H27N5O2. The molecule has 0 spiro atoms. The fourth-order valence-electron chi connectivity index (χ4n) is 3.49. The van der Waals surface area contributed by atoms with E-state index in [2.05, 4.69) is 24.3 Å². The lowest BCUT2D eigenvalue weighted by molar-refractivity contribution is 0.180. The van der Waals surface area contributed by atoms with E-state index in [9.17, 15) is 9.59 Å². The fourth-order valence-corrected chi connectivity index (χ4v) is 3.49. The van der Waals surface area contributed by atoms with Crippen LogP contribution in [0.1, 0.15) is 44.7 Å². The van der Waals surface area contributed by atoms with Gasteiger partial charge in [0, 0.05) is 50.4 Å². The van der Waals surface area contributed by atoms with Crippen molar-refractivity contribution in [2.45, 2.75) is 39.0 Å². The van der Waals surface area contributed by atoms with Gasteiger partial charge in [-0.2, -0.15) is 9.61 Å². The molecule has 1 saturated heterocycles. The predicted molar refractivity (Wildman–Crippen MR) is 96.8 cm³/mol. The summed E-state index contributed by atoms with van der Waals surface area (Å²) in [5.41, 5.74) is 1.73. The number of fused-ring (bicyclic) bond motifs is 1. The van der Waals surface area contributed by atoms with Gasteiger partial charge in [-0.1, -0.05) is 13.8 Å². The second kappa shape index (κ2) is 7.29. The molecular weight excluding hydrogens is 318 g/mol. The second-order valence-electron chi connectivity index (χ2n) is 7.24. The van der Waals surface area contributed by atoms with E-state index in [1.165, 1.54) is 4.52 Å². The maximum absolute atomic E-state index is 12.2. The van der Waals surface area contributed by atoms with Gasteiger partial charge in [0.15, 0.2) is 0 Å². The number of likely N-dealkylation sites (tertiary alicyclic amines) is 1. The molecule has 1 aliphatic heterocycles. The number of hydrogen-bond acceptors (Lipinski definition) is 3. The molecule has 0 radical (unpaired) electrons. The molecule has 136 valence electrons. The van der Waals surface area contributed by atoms with E-state index in [1.54, 1.807) is 12.3 Å². The minimum Gasteiger partial charge on any atom is -0.338 e. The number of hydrogen-bond donors (Lipinski definition) is 1. The van der Waals surface area contributed by atoms with Gasteiger partial charge < -0.3 is 14.8 Å². The third kappa shape index (κ3) is 3.70. The zero-order chi connectivity index (χ0) is 18.0. The molecule has 0 aliphatic carbocycles. The van der Waals surface area contributed by atoms with E-state index in [0.29, 0.717) is 5.92 Å². The van der Waals surface area contributed by atoms with E-state index in [1.807, 2.05) is 22.6 Å². The molecule has 7 heteroatoms. The number of nitrogens with one attached hydrogen (secondary N) is 1. The molecule has 1 aliphatic rings. The largest absolute Gasteiger partial charge is 0.338 e. The van der Waals surface area contributed by atoms with E-state index in [-0.39, 0.29) is 17.5 Å². The molecule has 25 heavy (non-hydrogen) atoms. The van der Waals surface area contributed by atoms with Crippen molar-refractivity contribution in [3.63, 3.8) is 0 Å². The molecule has 2 amide bonds. The van der Waals surface area contributed by atoms with Gasteiger partial charge >= 0.3 is 6.03 Å². The summed E-state index contributed by atoms with van der Waals surface area (Å²) in [6.07, 6.45) is 4.38. The zero-order valence-electron chi connectivity index (χ0n) is 15.2. The van der Waals surface area contributed by atoms with Crippen molar-refractivity contribution in [2.75, 3.05) is 19.6 Å². The molecule has 7 nitrogen and oxygen atoms in total. The average Bonchev–Trinajstić information content (AvgIpc) is 3.08. The van der Waals surface area contributed by atoms with Crippen molar-refractivity contribution in [2.24, 2.45) is 13.0 Å². The summed E-state index contributed by atoms with van der Waals surface area (Å²) in [7, 11) is 1.97. The van der Waals surface area contributed by atoms with Gasteiger partial charge in [-0.3, -0.25) is 4.79 Å². The number of nitrogens with zero attached hydrogens (tertiary/aromatic N) is 4. The third-order valence-corrected chi connectivity index (χ3v) is 5.03. The Kier molecular flexibility index (Phi) is 5.11. The van der Waals surface area contributed by atoms with Crippen molar-refractivity contribution >= 4 is 11.7 Å². The first-order valence-electron chi connectivity index (χ1n) is 9.04. The summed E-state index contributed by atoms with van der Waals surface area (Å²) < 4.78 is 3.46. The Balaban J connectivity index is 1.64. The SMILES string of the molecule is CC(C)CCNC(=O)N1CCC(c2cc(=O)n3nccc3n2C)CC1. The molecule has 0 bridgehead atoms. The highest BCUT2D eigenvalue weighted by Crippen LogP contribution is 2.27. The van der Waals surface area contributed by atoms with Crippen LogP contribution in [0.2, 0.25) is 0 Å². The third-order valence-electron chi connectivity index (χ3n) is 5.03. The Bertz CT molecular complexity index is 799. The first-order valence-corrected chi connectivity index (χ1v) is 9.04. The lowest BCUT2D eigenvalue weighted by atomic mass is 9.93. The van der Waals surface area contributed by atoms with E-state index < -0.39 is 0 Å². The average molecular weight is 345 g/mol. The minimum atomic E-state index is -0.0954. The topological polar surface area (TPSA) is 71.6 Å². The molecule has 1 N–H and O–H groups in total. The number of piperidine rings is 1. The van der Waals surface area contributed by atoms with Gasteiger partial charge in [-0.15, -0.1) is 0 Å². The number of aromatic nitrogens is 3. The normalized spacial score (nSPS) is 15.9. The van der Waals surface area contributed by atoms with Crippen LogP contribution in [0.25, 0.3) is 5.65 Å². The number of carbonyl (C=O) groups excluding carboxylic acids is 1. The van der Waals surface area contributed by atoms with Crippen LogP contribution in [-0.4, -0.2) is 44.7 Å². The maximum atomic E-state index is 12.2. The van der Waals surface area contributed by atoms with Gasteiger partial charge in [0.2, 0.25) is 0 Å². The number of aryl methyl sites for hydroxylation is 1. The maximum Gasteiger partial charge on any atom is 0.317 e. The Labute approximate surface area is 147 Å². The lowest BCUT2D eigenvalue weighted by Crippen LogP contribution is -2.44. The van der Waals surface area contributed by atoms with Crippen LogP contribution < -0.4 is 10.9 Å². The second-order valence-corrected chi connectivity index (χ2v) is 7.24. The Morgan fingerprint density at radius 3 is 2.76 bits per heavy atom. The van der Waals surface area contributed by atoms with Crippen molar-refractivity contribution in [3.8, 4) is 0 Å². The molecule has 0 saturated carbocycles.